The molecule has 0 saturated carbocycles. The Labute approximate surface area is 205 Å². The zero-order chi connectivity index (χ0) is 24.6. The van der Waals surface area contributed by atoms with E-state index in [9.17, 15) is 14.4 Å². The smallest absolute Gasteiger partial charge is 0.407 e. The van der Waals surface area contributed by atoms with Crippen molar-refractivity contribution in [3.63, 3.8) is 0 Å². The number of carbonyl (C=O) groups is 3. The van der Waals surface area contributed by atoms with E-state index in [1.807, 2.05) is 24.3 Å². The molecular formula is C27H32N2O6. The number of unbranched alkanes of at least 4 members (excludes halogenated alkanes) is 1. The maximum atomic E-state index is 12.7. The first-order valence-electron chi connectivity index (χ1n) is 12.2. The molecule has 0 spiro atoms. The van der Waals surface area contributed by atoms with Gasteiger partial charge < -0.3 is 25.2 Å². The van der Waals surface area contributed by atoms with Gasteiger partial charge in [-0.2, -0.15) is 0 Å². The van der Waals surface area contributed by atoms with E-state index in [0.717, 1.165) is 11.1 Å². The summed E-state index contributed by atoms with van der Waals surface area (Å²) in [5.41, 5.74) is 4.67. The largest absolute Gasteiger partial charge is 0.481 e. The zero-order valence-corrected chi connectivity index (χ0v) is 19.7. The Morgan fingerprint density at radius 3 is 2.37 bits per heavy atom. The molecule has 2 atom stereocenters. The lowest BCUT2D eigenvalue weighted by Crippen LogP contribution is -2.47. The molecule has 1 heterocycles. The van der Waals surface area contributed by atoms with Gasteiger partial charge >= 0.3 is 12.1 Å². The number of benzene rings is 2. The lowest BCUT2D eigenvalue weighted by molar-refractivity contribution is -0.137. The molecule has 1 saturated heterocycles. The Morgan fingerprint density at radius 2 is 1.69 bits per heavy atom. The van der Waals surface area contributed by atoms with Gasteiger partial charge in [-0.15, -0.1) is 0 Å². The van der Waals surface area contributed by atoms with Crippen molar-refractivity contribution in [3.05, 3.63) is 59.7 Å². The Morgan fingerprint density at radius 1 is 1.00 bits per heavy atom. The van der Waals surface area contributed by atoms with Crippen molar-refractivity contribution in [3.8, 4) is 11.1 Å². The van der Waals surface area contributed by atoms with E-state index in [-0.39, 0.29) is 43.2 Å². The standard InChI is InChI=1S/C27H32N2O6/c30-25(28-13-6-5-11-26(31)32)15-18-16-34-14-12-24(18)29-27(33)35-17-23-21-9-3-1-7-19(21)20-8-2-4-10-22(20)23/h1-4,7-10,18,23-24H,5-6,11-17H2,(H,28,30)(H,29,33)(H,31,32). The average Bonchev–Trinajstić information content (AvgIpc) is 3.17. The fourth-order valence-corrected chi connectivity index (χ4v) is 4.92. The molecule has 2 unspecified atom stereocenters. The predicted octanol–water partition coefficient (Wildman–Crippen LogP) is 3.69. The van der Waals surface area contributed by atoms with Gasteiger partial charge in [0.05, 0.1) is 6.61 Å². The number of carboxylic acid groups (broad SMARTS) is 1. The molecule has 0 bridgehead atoms. The van der Waals surface area contributed by atoms with Crippen LogP contribution in [0.15, 0.2) is 48.5 Å². The van der Waals surface area contributed by atoms with Crippen molar-refractivity contribution in [2.45, 2.75) is 44.1 Å². The first-order chi connectivity index (χ1) is 17.0. The van der Waals surface area contributed by atoms with Gasteiger partial charge in [-0.25, -0.2) is 4.79 Å². The summed E-state index contributed by atoms with van der Waals surface area (Å²) in [7, 11) is 0. The minimum Gasteiger partial charge on any atom is -0.481 e. The van der Waals surface area contributed by atoms with E-state index in [4.69, 9.17) is 14.6 Å². The van der Waals surface area contributed by atoms with Crippen LogP contribution in [0.3, 0.4) is 0 Å². The van der Waals surface area contributed by atoms with Crippen LogP contribution in [0.25, 0.3) is 11.1 Å². The Kier molecular flexibility index (Phi) is 8.36. The van der Waals surface area contributed by atoms with E-state index in [1.165, 1.54) is 11.1 Å². The first-order valence-corrected chi connectivity index (χ1v) is 12.2. The second-order valence-electron chi connectivity index (χ2n) is 9.10. The van der Waals surface area contributed by atoms with E-state index in [2.05, 4.69) is 34.9 Å². The minimum atomic E-state index is -0.835. The summed E-state index contributed by atoms with van der Waals surface area (Å²) in [6, 6.07) is 16.2. The van der Waals surface area contributed by atoms with Crippen molar-refractivity contribution in [2.75, 3.05) is 26.4 Å². The molecule has 186 valence electrons. The van der Waals surface area contributed by atoms with Crippen molar-refractivity contribution >= 4 is 18.0 Å². The van der Waals surface area contributed by atoms with E-state index in [1.54, 1.807) is 0 Å². The van der Waals surface area contributed by atoms with Gasteiger partial charge in [-0.1, -0.05) is 48.5 Å². The Bertz CT molecular complexity index is 1010. The molecule has 4 rings (SSSR count). The number of amides is 2. The Balaban J connectivity index is 1.27. The number of carbonyl (C=O) groups excluding carboxylic acids is 2. The summed E-state index contributed by atoms with van der Waals surface area (Å²) in [6.45, 7) is 1.58. The molecule has 1 aliphatic heterocycles. The van der Waals surface area contributed by atoms with E-state index in [0.29, 0.717) is 39.0 Å². The van der Waals surface area contributed by atoms with Crippen LogP contribution in [-0.2, 0) is 19.1 Å². The third-order valence-electron chi connectivity index (χ3n) is 6.71. The summed E-state index contributed by atoms with van der Waals surface area (Å²) in [5, 5.41) is 14.5. The number of aliphatic carboxylic acids is 1. The lowest BCUT2D eigenvalue weighted by atomic mass is 9.92. The van der Waals surface area contributed by atoms with Crippen LogP contribution in [0.2, 0.25) is 0 Å². The van der Waals surface area contributed by atoms with Gasteiger partial charge in [0.25, 0.3) is 0 Å². The quantitative estimate of drug-likeness (QED) is 0.447. The average molecular weight is 481 g/mol. The molecule has 1 aliphatic carbocycles. The van der Waals surface area contributed by atoms with Gasteiger partial charge in [0.2, 0.25) is 5.91 Å². The van der Waals surface area contributed by atoms with Gasteiger partial charge in [-0.3, -0.25) is 9.59 Å². The highest BCUT2D eigenvalue weighted by atomic mass is 16.5. The highest BCUT2D eigenvalue weighted by molar-refractivity contribution is 5.79. The lowest BCUT2D eigenvalue weighted by Gasteiger charge is -2.31. The van der Waals surface area contributed by atoms with Crippen molar-refractivity contribution < 1.29 is 29.0 Å². The molecule has 8 heteroatoms. The topological polar surface area (TPSA) is 114 Å². The van der Waals surface area contributed by atoms with E-state index >= 15 is 0 Å². The van der Waals surface area contributed by atoms with Crippen LogP contribution >= 0.6 is 0 Å². The molecule has 2 aromatic rings. The molecule has 2 amide bonds. The van der Waals surface area contributed by atoms with Crippen LogP contribution in [0.1, 0.15) is 49.1 Å². The summed E-state index contributed by atoms with van der Waals surface area (Å²) in [6.07, 6.45) is 1.58. The van der Waals surface area contributed by atoms with Gasteiger partial charge in [0.15, 0.2) is 0 Å². The summed E-state index contributed by atoms with van der Waals surface area (Å²) >= 11 is 0. The number of nitrogens with one attached hydrogen (secondary N) is 2. The van der Waals surface area contributed by atoms with E-state index < -0.39 is 12.1 Å². The van der Waals surface area contributed by atoms with Crippen LogP contribution in [0.4, 0.5) is 4.79 Å². The fourth-order valence-electron chi connectivity index (χ4n) is 4.92. The number of rotatable bonds is 10. The highest BCUT2D eigenvalue weighted by Gasteiger charge is 2.31. The Hall–Kier alpha value is -3.39. The number of hydrogen-bond donors (Lipinski definition) is 3. The zero-order valence-electron chi connectivity index (χ0n) is 19.7. The predicted molar refractivity (Wildman–Crippen MR) is 130 cm³/mol. The maximum Gasteiger partial charge on any atom is 0.407 e. The molecule has 0 radical (unpaired) electrons. The normalized spacial score (nSPS) is 18.9. The number of hydrogen-bond acceptors (Lipinski definition) is 5. The van der Waals surface area contributed by atoms with Crippen molar-refractivity contribution in [2.24, 2.45) is 5.92 Å². The molecule has 8 nitrogen and oxygen atoms in total. The van der Waals surface area contributed by atoms with Crippen molar-refractivity contribution in [1.29, 1.82) is 0 Å². The maximum absolute atomic E-state index is 12.7. The summed E-state index contributed by atoms with van der Waals surface area (Å²) < 4.78 is 11.2. The van der Waals surface area contributed by atoms with Crippen LogP contribution in [0, 0.1) is 5.92 Å². The summed E-state index contributed by atoms with van der Waals surface area (Å²) in [5.74, 6) is -1.12. The molecule has 35 heavy (non-hydrogen) atoms. The molecule has 2 aliphatic rings. The monoisotopic (exact) mass is 480 g/mol. The third-order valence-corrected chi connectivity index (χ3v) is 6.71. The molecule has 0 aromatic heterocycles. The number of fused-ring (bicyclic) bond motifs is 3. The number of alkyl carbamates (subject to hydrolysis) is 1. The molecule has 2 aromatic carbocycles. The third kappa shape index (κ3) is 6.39. The molecule has 3 N–H and O–H groups in total. The SMILES string of the molecule is O=C(O)CCCCNC(=O)CC1COCCC1NC(=O)OCC1c2ccccc2-c2ccccc21. The highest BCUT2D eigenvalue weighted by Crippen LogP contribution is 2.44. The number of ether oxygens (including phenoxy) is 2. The number of carboxylic acids is 1. The molecular weight excluding hydrogens is 448 g/mol. The van der Waals surface area contributed by atoms with Crippen molar-refractivity contribution in [1.82, 2.24) is 10.6 Å². The fraction of sp³-hybridized carbons (Fsp3) is 0.444. The van der Waals surface area contributed by atoms with Crippen LogP contribution in [-0.4, -0.2) is 55.5 Å². The van der Waals surface area contributed by atoms with Crippen LogP contribution in [0.5, 0.6) is 0 Å². The second-order valence-corrected chi connectivity index (χ2v) is 9.10. The minimum absolute atomic E-state index is 0.00876. The van der Waals surface area contributed by atoms with Gasteiger partial charge in [0.1, 0.15) is 6.61 Å². The molecule has 1 fully saturated rings. The summed E-state index contributed by atoms with van der Waals surface area (Å²) in [4.78, 5) is 35.6. The second kappa shape index (κ2) is 11.8. The van der Waals surface area contributed by atoms with Gasteiger partial charge in [0, 0.05) is 43.9 Å². The van der Waals surface area contributed by atoms with Gasteiger partial charge in [-0.05, 0) is 41.5 Å². The van der Waals surface area contributed by atoms with Crippen LogP contribution < -0.4 is 10.6 Å². The first kappa shape index (κ1) is 24.7.